The van der Waals surface area contributed by atoms with E-state index in [1.807, 2.05) is 0 Å². The fourth-order valence-corrected chi connectivity index (χ4v) is 3.01. The summed E-state index contributed by atoms with van der Waals surface area (Å²) >= 11 is 0. The second kappa shape index (κ2) is 7.53. The van der Waals surface area contributed by atoms with Crippen LogP contribution < -0.4 is 5.32 Å². The number of carbonyl (C=O) groups excluding carboxylic acids is 2. The van der Waals surface area contributed by atoms with Gasteiger partial charge in [-0.05, 0) is 37.0 Å². The van der Waals surface area contributed by atoms with Crippen molar-refractivity contribution >= 4 is 11.9 Å². The summed E-state index contributed by atoms with van der Waals surface area (Å²) in [4.78, 5) is 24.2. The van der Waals surface area contributed by atoms with Gasteiger partial charge in [-0.25, -0.2) is 13.6 Å². The first kappa shape index (κ1) is 17.4. The maximum absolute atomic E-state index is 13.2. The third-order valence-corrected chi connectivity index (χ3v) is 4.29. The number of carbonyl (C=O) groups is 2. The summed E-state index contributed by atoms with van der Waals surface area (Å²) in [5, 5.41) is 2.80. The average Bonchev–Trinajstić information content (AvgIpc) is 2.56. The molecule has 0 unspecified atom stereocenters. The van der Waals surface area contributed by atoms with E-state index in [0.717, 1.165) is 31.4 Å². The van der Waals surface area contributed by atoms with E-state index >= 15 is 0 Å². The van der Waals surface area contributed by atoms with Crippen molar-refractivity contribution in [2.75, 3.05) is 7.11 Å². The number of nitrogens with one attached hydrogen (secondary N) is 1. The molecule has 0 spiro atoms. The zero-order valence-electron chi connectivity index (χ0n) is 13.2. The molecule has 1 fully saturated rings. The summed E-state index contributed by atoms with van der Waals surface area (Å²) in [6.07, 6.45) is 4.26. The van der Waals surface area contributed by atoms with Crippen molar-refractivity contribution in [2.24, 2.45) is 0 Å². The van der Waals surface area contributed by atoms with Crippen molar-refractivity contribution < 1.29 is 23.1 Å². The van der Waals surface area contributed by atoms with Gasteiger partial charge in [0.15, 0.2) is 11.6 Å². The summed E-state index contributed by atoms with van der Waals surface area (Å²) in [5.74, 6) is -2.55. The Morgan fingerprint density at radius 3 is 2.48 bits per heavy atom. The van der Waals surface area contributed by atoms with Gasteiger partial charge in [0.2, 0.25) is 5.91 Å². The van der Waals surface area contributed by atoms with Gasteiger partial charge < -0.3 is 10.1 Å². The Labute approximate surface area is 134 Å². The zero-order valence-corrected chi connectivity index (χ0v) is 13.2. The van der Waals surface area contributed by atoms with Crippen LogP contribution in [-0.4, -0.2) is 24.5 Å². The fourth-order valence-electron chi connectivity index (χ4n) is 3.01. The Balaban J connectivity index is 1.96. The number of methoxy groups -OCH3 is 1. The van der Waals surface area contributed by atoms with Gasteiger partial charge in [-0.1, -0.05) is 25.3 Å². The zero-order chi connectivity index (χ0) is 16.9. The number of halogens is 2. The first-order chi connectivity index (χ1) is 11.0. The molecule has 1 aliphatic carbocycles. The molecule has 0 radical (unpaired) electrons. The molecule has 1 aromatic rings. The highest BCUT2D eigenvalue weighted by Gasteiger charge is 2.41. The molecule has 1 aromatic carbocycles. The summed E-state index contributed by atoms with van der Waals surface area (Å²) in [5.41, 5.74) is -0.409. The van der Waals surface area contributed by atoms with Crippen molar-refractivity contribution in [3.8, 4) is 0 Å². The maximum atomic E-state index is 13.2. The summed E-state index contributed by atoms with van der Waals surface area (Å²) in [6, 6.07) is 3.57. The van der Waals surface area contributed by atoms with E-state index < -0.39 is 23.1 Å². The predicted octanol–water partition coefficient (Wildman–Crippen LogP) is 2.89. The van der Waals surface area contributed by atoms with E-state index in [4.69, 9.17) is 4.74 Å². The van der Waals surface area contributed by atoms with Crippen molar-refractivity contribution in [3.63, 3.8) is 0 Å². The third-order valence-electron chi connectivity index (χ3n) is 4.29. The van der Waals surface area contributed by atoms with Gasteiger partial charge in [0, 0.05) is 6.42 Å². The van der Waals surface area contributed by atoms with Crippen LogP contribution in [0.5, 0.6) is 0 Å². The Kier molecular flexibility index (Phi) is 5.69. The first-order valence-electron chi connectivity index (χ1n) is 7.80. The molecule has 1 amide bonds. The molecule has 1 N–H and O–H groups in total. The SMILES string of the molecule is COC(=O)C1(NC(=O)CCc2ccc(F)c(F)c2)CCCCC1. The molecule has 0 bridgehead atoms. The second-order valence-corrected chi connectivity index (χ2v) is 5.93. The monoisotopic (exact) mass is 325 g/mol. The van der Waals surface area contributed by atoms with Crippen LogP contribution in [0.1, 0.15) is 44.1 Å². The van der Waals surface area contributed by atoms with Gasteiger partial charge in [0.05, 0.1) is 7.11 Å². The second-order valence-electron chi connectivity index (χ2n) is 5.93. The number of rotatable bonds is 5. The highest BCUT2D eigenvalue weighted by molar-refractivity contribution is 5.88. The Hall–Kier alpha value is -1.98. The smallest absolute Gasteiger partial charge is 0.331 e. The van der Waals surface area contributed by atoms with Crippen LogP contribution in [0.15, 0.2) is 18.2 Å². The molecular formula is C17H21F2NO3. The van der Waals surface area contributed by atoms with Gasteiger partial charge in [-0.3, -0.25) is 4.79 Å². The quantitative estimate of drug-likeness (QED) is 0.847. The van der Waals surface area contributed by atoms with Crippen LogP contribution in [0.4, 0.5) is 8.78 Å². The molecule has 6 heteroatoms. The van der Waals surface area contributed by atoms with E-state index in [1.165, 1.54) is 13.2 Å². The van der Waals surface area contributed by atoms with E-state index in [2.05, 4.69) is 5.32 Å². The number of hydrogen-bond donors (Lipinski definition) is 1. The lowest BCUT2D eigenvalue weighted by Crippen LogP contribution is -2.56. The lowest BCUT2D eigenvalue weighted by atomic mass is 9.81. The normalized spacial score (nSPS) is 16.7. The molecule has 23 heavy (non-hydrogen) atoms. The molecule has 126 valence electrons. The van der Waals surface area contributed by atoms with E-state index in [-0.39, 0.29) is 18.7 Å². The maximum Gasteiger partial charge on any atom is 0.331 e. The number of aryl methyl sites for hydroxylation is 1. The van der Waals surface area contributed by atoms with Crippen LogP contribution >= 0.6 is 0 Å². The molecule has 2 rings (SSSR count). The molecule has 0 saturated heterocycles. The van der Waals surface area contributed by atoms with Gasteiger partial charge in [-0.15, -0.1) is 0 Å². The number of hydrogen-bond acceptors (Lipinski definition) is 3. The Bertz CT molecular complexity index is 583. The Morgan fingerprint density at radius 2 is 1.87 bits per heavy atom. The highest BCUT2D eigenvalue weighted by Crippen LogP contribution is 2.29. The lowest BCUT2D eigenvalue weighted by molar-refractivity contribution is -0.152. The third kappa shape index (κ3) is 4.27. The molecule has 0 atom stereocenters. The molecule has 0 aromatic heterocycles. The first-order valence-corrected chi connectivity index (χ1v) is 7.80. The highest BCUT2D eigenvalue weighted by atomic mass is 19.2. The standard InChI is InChI=1S/C17H21F2NO3/c1-23-16(22)17(9-3-2-4-10-17)20-15(21)8-6-12-5-7-13(18)14(19)11-12/h5,7,11H,2-4,6,8-10H2,1H3,(H,20,21). The minimum absolute atomic E-state index is 0.101. The van der Waals surface area contributed by atoms with Crippen molar-refractivity contribution in [1.82, 2.24) is 5.32 Å². The van der Waals surface area contributed by atoms with Crippen LogP contribution in [0.25, 0.3) is 0 Å². The molecule has 4 nitrogen and oxygen atoms in total. The van der Waals surface area contributed by atoms with Gasteiger partial charge in [-0.2, -0.15) is 0 Å². The fraction of sp³-hybridized carbons (Fsp3) is 0.529. The van der Waals surface area contributed by atoms with Gasteiger partial charge >= 0.3 is 5.97 Å². The number of ether oxygens (including phenoxy) is 1. The molecule has 0 heterocycles. The van der Waals surface area contributed by atoms with Gasteiger partial charge in [0.1, 0.15) is 5.54 Å². The van der Waals surface area contributed by atoms with Crippen LogP contribution in [0.2, 0.25) is 0 Å². The average molecular weight is 325 g/mol. The van der Waals surface area contributed by atoms with Crippen LogP contribution in [0.3, 0.4) is 0 Å². The summed E-state index contributed by atoms with van der Waals surface area (Å²) in [7, 11) is 1.31. The minimum Gasteiger partial charge on any atom is -0.467 e. The lowest BCUT2D eigenvalue weighted by Gasteiger charge is -2.35. The number of benzene rings is 1. The van der Waals surface area contributed by atoms with Crippen molar-refractivity contribution in [1.29, 1.82) is 0 Å². The topological polar surface area (TPSA) is 55.4 Å². The summed E-state index contributed by atoms with van der Waals surface area (Å²) < 4.78 is 30.9. The van der Waals surface area contributed by atoms with E-state index in [0.29, 0.717) is 18.4 Å². The van der Waals surface area contributed by atoms with Crippen molar-refractivity contribution in [2.45, 2.75) is 50.5 Å². The van der Waals surface area contributed by atoms with Gasteiger partial charge in [0.25, 0.3) is 0 Å². The van der Waals surface area contributed by atoms with E-state index in [9.17, 15) is 18.4 Å². The molecule has 1 aliphatic rings. The molecular weight excluding hydrogens is 304 g/mol. The van der Waals surface area contributed by atoms with E-state index in [1.54, 1.807) is 0 Å². The largest absolute Gasteiger partial charge is 0.467 e. The number of esters is 1. The van der Waals surface area contributed by atoms with Crippen molar-refractivity contribution in [3.05, 3.63) is 35.4 Å². The molecule has 0 aliphatic heterocycles. The van der Waals surface area contributed by atoms with Crippen LogP contribution in [0, 0.1) is 11.6 Å². The molecule has 1 saturated carbocycles. The number of amides is 1. The predicted molar refractivity (Wildman–Crippen MR) is 80.7 cm³/mol. The van der Waals surface area contributed by atoms with Crippen LogP contribution in [-0.2, 0) is 20.7 Å². The summed E-state index contributed by atoms with van der Waals surface area (Å²) in [6.45, 7) is 0. The Morgan fingerprint density at radius 1 is 1.17 bits per heavy atom. The minimum atomic E-state index is -0.946.